The monoisotopic (exact) mass is 442 g/mol. The predicted octanol–water partition coefficient (Wildman–Crippen LogP) is 2.04. The number of esters is 1. The van der Waals surface area contributed by atoms with Gasteiger partial charge in [0.25, 0.3) is 10.1 Å². The Morgan fingerprint density at radius 1 is 1.20 bits per heavy atom. The van der Waals surface area contributed by atoms with Crippen molar-refractivity contribution in [1.29, 1.82) is 0 Å². The highest BCUT2D eigenvalue weighted by molar-refractivity contribution is 7.86. The minimum Gasteiger partial charge on any atom is -0.497 e. The van der Waals surface area contributed by atoms with Crippen molar-refractivity contribution >= 4 is 16.1 Å². The fourth-order valence-corrected chi connectivity index (χ4v) is 5.87. The average Bonchev–Trinajstić information content (AvgIpc) is 2.72. The van der Waals surface area contributed by atoms with E-state index in [1.54, 1.807) is 14.2 Å². The number of carbonyl (C=O) groups excluding carboxylic acids is 1. The highest BCUT2D eigenvalue weighted by atomic mass is 32.2. The number of fused-ring (bicyclic) bond motifs is 3. The van der Waals surface area contributed by atoms with Gasteiger partial charge >= 0.3 is 5.97 Å². The van der Waals surface area contributed by atoms with Crippen molar-refractivity contribution in [3.05, 3.63) is 29.3 Å². The highest BCUT2D eigenvalue weighted by Crippen LogP contribution is 2.54. The van der Waals surface area contributed by atoms with Gasteiger partial charge in [-0.05, 0) is 54.9 Å². The molecule has 0 radical (unpaired) electrons. The Balaban J connectivity index is 2.07. The Kier molecular flexibility index (Phi) is 7.06. The fourth-order valence-electron chi connectivity index (χ4n) is 5.21. The third-order valence-electron chi connectivity index (χ3n) is 6.32. The topological polar surface area (TPSA) is 97.4 Å². The zero-order chi connectivity index (χ0) is 21.9. The molecule has 168 valence electrons. The number of ether oxygens (including phenoxy) is 4. The van der Waals surface area contributed by atoms with Gasteiger partial charge in [-0.1, -0.05) is 6.07 Å². The lowest BCUT2D eigenvalue weighted by molar-refractivity contribution is -0.160. The van der Waals surface area contributed by atoms with E-state index in [0.29, 0.717) is 25.9 Å². The van der Waals surface area contributed by atoms with Crippen LogP contribution in [0, 0.1) is 11.8 Å². The van der Waals surface area contributed by atoms with E-state index in [9.17, 15) is 13.2 Å². The third-order valence-corrected chi connectivity index (χ3v) is 6.92. The maximum Gasteiger partial charge on any atom is 0.311 e. The predicted molar refractivity (Wildman–Crippen MR) is 109 cm³/mol. The zero-order valence-electron chi connectivity index (χ0n) is 17.9. The second-order valence-electron chi connectivity index (χ2n) is 8.01. The molecule has 30 heavy (non-hydrogen) atoms. The smallest absolute Gasteiger partial charge is 0.311 e. The molecule has 0 unspecified atom stereocenters. The molecule has 0 spiro atoms. The van der Waals surface area contributed by atoms with E-state index < -0.39 is 33.5 Å². The van der Waals surface area contributed by atoms with Crippen molar-refractivity contribution in [2.45, 2.75) is 37.2 Å². The summed E-state index contributed by atoms with van der Waals surface area (Å²) in [6, 6.07) is 5.96. The molecular weight excluding hydrogens is 412 g/mol. The maximum atomic E-state index is 12.8. The summed E-state index contributed by atoms with van der Waals surface area (Å²) < 4.78 is 50.4. The van der Waals surface area contributed by atoms with Crippen LogP contribution in [0.25, 0.3) is 0 Å². The van der Waals surface area contributed by atoms with Crippen LogP contribution in [-0.4, -0.2) is 61.5 Å². The molecule has 0 N–H and O–H groups in total. The first kappa shape index (κ1) is 23.0. The van der Waals surface area contributed by atoms with Crippen molar-refractivity contribution in [2.24, 2.45) is 11.8 Å². The first-order valence-corrected chi connectivity index (χ1v) is 11.8. The number of hydrogen-bond donors (Lipinski definition) is 0. The van der Waals surface area contributed by atoms with E-state index in [1.165, 1.54) is 7.11 Å². The van der Waals surface area contributed by atoms with Crippen LogP contribution in [0.15, 0.2) is 18.2 Å². The molecule has 0 aliphatic heterocycles. The number of carbonyl (C=O) groups is 1. The minimum absolute atomic E-state index is 0.131. The van der Waals surface area contributed by atoms with E-state index in [0.717, 1.165) is 29.6 Å². The average molecular weight is 443 g/mol. The fraction of sp³-hybridized carbons (Fsp3) is 0.667. The molecule has 0 bridgehead atoms. The van der Waals surface area contributed by atoms with Gasteiger partial charge in [-0.2, -0.15) is 8.42 Å². The first-order chi connectivity index (χ1) is 14.3. The number of hydrogen-bond acceptors (Lipinski definition) is 8. The summed E-state index contributed by atoms with van der Waals surface area (Å²) in [4.78, 5) is 12.8. The van der Waals surface area contributed by atoms with Crippen molar-refractivity contribution < 1.29 is 36.3 Å². The Morgan fingerprint density at radius 2 is 1.97 bits per heavy atom. The molecule has 3 rings (SSSR count). The van der Waals surface area contributed by atoms with Crippen molar-refractivity contribution in [1.82, 2.24) is 0 Å². The second-order valence-corrected chi connectivity index (χ2v) is 9.61. The van der Waals surface area contributed by atoms with Crippen LogP contribution in [0.2, 0.25) is 0 Å². The van der Waals surface area contributed by atoms with Crippen molar-refractivity contribution in [2.75, 3.05) is 41.0 Å². The van der Waals surface area contributed by atoms with Gasteiger partial charge in [0.1, 0.15) is 12.5 Å². The molecule has 1 saturated carbocycles. The van der Waals surface area contributed by atoms with Crippen LogP contribution in [0.3, 0.4) is 0 Å². The van der Waals surface area contributed by atoms with Crippen LogP contribution in [0.1, 0.15) is 30.4 Å². The number of rotatable bonds is 8. The minimum atomic E-state index is -3.72. The van der Waals surface area contributed by atoms with Crippen molar-refractivity contribution in [3.63, 3.8) is 0 Å². The van der Waals surface area contributed by atoms with Gasteiger partial charge in [0, 0.05) is 12.5 Å². The molecule has 1 aromatic rings. The Morgan fingerprint density at radius 3 is 2.60 bits per heavy atom. The largest absolute Gasteiger partial charge is 0.497 e. The maximum absolute atomic E-state index is 12.8. The van der Waals surface area contributed by atoms with Gasteiger partial charge in [-0.25, -0.2) is 0 Å². The van der Waals surface area contributed by atoms with Crippen LogP contribution in [0.4, 0.5) is 0 Å². The van der Waals surface area contributed by atoms with E-state index in [4.69, 9.17) is 23.1 Å². The number of methoxy groups -OCH3 is 3. The van der Waals surface area contributed by atoms with Gasteiger partial charge in [-0.3, -0.25) is 8.98 Å². The van der Waals surface area contributed by atoms with E-state index in [1.807, 2.05) is 18.2 Å². The molecule has 0 saturated heterocycles. The molecular formula is C21H30O8S. The molecule has 2 aliphatic rings. The molecule has 8 nitrogen and oxygen atoms in total. The standard InChI is InChI=1S/C21H30O8S/c1-25-13-28-12-21-10-9-18(29-30(4,23)24)19(20(22)27-3)17(21)7-5-14-11-15(26-2)6-8-16(14)21/h6,8,11,17-19H,5,7,9-10,12-13H2,1-4H3/t17-,18-,19-,21-/m1/s1. The van der Waals surface area contributed by atoms with Gasteiger partial charge in [0.05, 0.1) is 39.1 Å². The highest BCUT2D eigenvalue weighted by Gasteiger charge is 2.56. The summed E-state index contributed by atoms with van der Waals surface area (Å²) in [6.07, 6.45) is 2.68. The molecule has 9 heteroatoms. The van der Waals surface area contributed by atoms with Gasteiger partial charge in [0.15, 0.2) is 0 Å². The van der Waals surface area contributed by atoms with Crippen LogP contribution >= 0.6 is 0 Å². The number of aryl methyl sites for hydroxylation is 1. The van der Waals surface area contributed by atoms with Crippen molar-refractivity contribution in [3.8, 4) is 5.75 Å². The summed E-state index contributed by atoms with van der Waals surface area (Å²) >= 11 is 0. The summed E-state index contributed by atoms with van der Waals surface area (Å²) in [5.41, 5.74) is 1.77. The summed E-state index contributed by atoms with van der Waals surface area (Å²) in [6.45, 7) is 0.482. The normalized spacial score (nSPS) is 28.3. The van der Waals surface area contributed by atoms with Gasteiger partial charge in [-0.15, -0.1) is 0 Å². The molecule has 0 aromatic heterocycles. The zero-order valence-corrected chi connectivity index (χ0v) is 18.7. The van der Waals surface area contributed by atoms with E-state index in [-0.39, 0.29) is 12.7 Å². The lowest BCUT2D eigenvalue weighted by Gasteiger charge is -2.52. The van der Waals surface area contributed by atoms with E-state index in [2.05, 4.69) is 0 Å². The summed E-state index contributed by atoms with van der Waals surface area (Å²) in [5.74, 6) is -0.580. The van der Waals surface area contributed by atoms with Gasteiger partial charge in [0.2, 0.25) is 0 Å². The molecule has 2 aliphatic carbocycles. The Hall–Kier alpha value is -1.68. The molecule has 4 atom stereocenters. The summed E-state index contributed by atoms with van der Waals surface area (Å²) in [7, 11) is 0.786. The second kappa shape index (κ2) is 9.21. The van der Waals surface area contributed by atoms with E-state index >= 15 is 0 Å². The molecule has 0 amide bonds. The Labute approximate surface area is 177 Å². The summed E-state index contributed by atoms with van der Waals surface area (Å²) in [5, 5.41) is 0. The lowest BCUT2D eigenvalue weighted by Crippen LogP contribution is -2.56. The SMILES string of the molecule is COCOC[C@@]12CC[C@@H](OS(C)(=O)=O)[C@H](C(=O)OC)[C@H]1CCc1cc(OC)ccc12. The molecule has 1 aromatic carbocycles. The van der Waals surface area contributed by atoms with Gasteiger partial charge < -0.3 is 18.9 Å². The molecule has 0 heterocycles. The molecule has 1 fully saturated rings. The Bertz CT molecular complexity index is 868. The lowest BCUT2D eigenvalue weighted by atomic mass is 9.53. The number of benzene rings is 1. The third kappa shape index (κ3) is 4.49. The quantitative estimate of drug-likeness (QED) is 0.261. The first-order valence-electron chi connectivity index (χ1n) is 9.96. The van der Waals surface area contributed by atoms with Crippen LogP contribution in [-0.2, 0) is 45.1 Å². The van der Waals surface area contributed by atoms with Crippen LogP contribution in [0.5, 0.6) is 5.75 Å². The van der Waals surface area contributed by atoms with Crippen LogP contribution < -0.4 is 4.74 Å².